The van der Waals surface area contributed by atoms with Crippen molar-refractivity contribution in [3.05, 3.63) is 42.0 Å². The molecule has 0 aromatic heterocycles. The highest BCUT2D eigenvalue weighted by molar-refractivity contribution is 5.86. The molecule has 0 saturated heterocycles. The third-order valence-electron chi connectivity index (χ3n) is 3.06. The number of nitrogens with two attached hydrogens (primary N) is 1. The van der Waals surface area contributed by atoms with E-state index in [1.807, 2.05) is 24.3 Å². The van der Waals surface area contributed by atoms with Crippen molar-refractivity contribution >= 4 is 22.4 Å². The number of carbonyl (C=O) groups excluding carboxylic acids is 1. The summed E-state index contributed by atoms with van der Waals surface area (Å²) in [5, 5.41) is 2.33. The Labute approximate surface area is 107 Å². The minimum atomic E-state index is -0.172. The van der Waals surface area contributed by atoms with E-state index in [9.17, 15) is 4.79 Å². The Balaban J connectivity index is 2.13. The SMILES string of the molecule is COC(=O)CCCc1cc2ccccc2cc1N. The molecule has 0 heterocycles. The molecule has 0 saturated carbocycles. The predicted octanol–water partition coefficient (Wildman–Crippen LogP) is 2.92. The second-order valence-corrected chi connectivity index (χ2v) is 4.33. The second kappa shape index (κ2) is 5.54. The highest BCUT2D eigenvalue weighted by Gasteiger charge is 2.04. The molecule has 2 aromatic rings. The van der Waals surface area contributed by atoms with E-state index in [2.05, 4.69) is 16.9 Å². The molecule has 0 unspecified atom stereocenters. The van der Waals surface area contributed by atoms with E-state index in [4.69, 9.17) is 5.73 Å². The average Bonchev–Trinajstić information content (AvgIpc) is 2.39. The van der Waals surface area contributed by atoms with Gasteiger partial charge >= 0.3 is 5.97 Å². The maximum Gasteiger partial charge on any atom is 0.305 e. The van der Waals surface area contributed by atoms with Crippen molar-refractivity contribution in [2.45, 2.75) is 19.3 Å². The van der Waals surface area contributed by atoms with E-state index in [1.54, 1.807) is 0 Å². The smallest absolute Gasteiger partial charge is 0.305 e. The molecule has 2 N–H and O–H groups in total. The zero-order valence-corrected chi connectivity index (χ0v) is 10.5. The van der Waals surface area contributed by atoms with Crippen molar-refractivity contribution < 1.29 is 9.53 Å². The number of rotatable bonds is 4. The summed E-state index contributed by atoms with van der Waals surface area (Å²) in [4.78, 5) is 11.0. The van der Waals surface area contributed by atoms with Gasteiger partial charge in [0.1, 0.15) is 0 Å². The van der Waals surface area contributed by atoms with Crippen LogP contribution in [0.15, 0.2) is 36.4 Å². The van der Waals surface area contributed by atoms with Gasteiger partial charge in [0.2, 0.25) is 0 Å². The minimum Gasteiger partial charge on any atom is -0.469 e. The van der Waals surface area contributed by atoms with Gasteiger partial charge in [0.25, 0.3) is 0 Å². The van der Waals surface area contributed by atoms with Crippen LogP contribution in [-0.2, 0) is 16.0 Å². The van der Waals surface area contributed by atoms with Gasteiger partial charge in [-0.25, -0.2) is 0 Å². The molecule has 0 aliphatic heterocycles. The van der Waals surface area contributed by atoms with Crippen LogP contribution in [0, 0.1) is 0 Å². The third kappa shape index (κ3) is 2.80. The molecular weight excluding hydrogens is 226 g/mol. The lowest BCUT2D eigenvalue weighted by atomic mass is 10.0. The Bertz CT molecular complexity index is 563. The molecule has 18 heavy (non-hydrogen) atoms. The summed E-state index contributed by atoms with van der Waals surface area (Å²) in [7, 11) is 1.41. The Morgan fingerprint density at radius 1 is 1.22 bits per heavy atom. The summed E-state index contributed by atoms with van der Waals surface area (Å²) in [6.45, 7) is 0. The number of methoxy groups -OCH3 is 1. The van der Waals surface area contributed by atoms with E-state index < -0.39 is 0 Å². The van der Waals surface area contributed by atoms with Crippen molar-refractivity contribution in [2.24, 2.45) is 0 Å². The Kier molecular flexibility index (Phi) is 3.82. The van der Waals surface area contributed by atoms with Gasteiger partial charge in [-0.05, 0) is 41.3 Å². The summed E-state index contributed by atoms with van der Waals surface area (Å²) in [6.07, 6.45) is 1.99. The Morgan fingerprint density at radius 2 is 1.89 bits per heavy atom. The lowest BCUT2D eigenvalue weighted by Crippen LogP contribution is -2.01. The van der Waals surface area contributed by atoms with Crippen molar-refractivity contribution in [3.63, 3.8) is 0 Å². The number of esters is 1. The molecule has 0 aliphatic carbocycles. The fraction of sp³-hybridized carbons (Fsp3) is 0.267. The average molecular weight is 243 g/mol. The molecule has 3 nitrogen and oxygen atoms in total. The number of benzene rings is 2. The number of anilines is 1. The number of ether oxygens (including phenoxy) is 1. The van der Waals surface area contributed by atoms with Crippen LogP contribution in [0.5, 0.6) is 0 Å². The van der Waals surface area contributed by atoms with Gasteiger partial charge in [-0.3, -0.25) is 4.79 Å². The van der Waals surface area contributed by atoms with Crippen LogP contribution >= 0.6 is 0 Å². The number of fused-ring (bicyclic) bond motifs is 1. The molecule has 3 heteroatoms. The lowest BCUT2D eigenvalue weighted by molar-refractivity contribution is -0.140. The van der Waals surface area contributed by atoms with E-state index in [1.165, 1.54) is 12.5 Å². The number of aryl methyl sites for hydroxylation is 1. The first-order chi connectivity index (χ1) is 8.70. The van der Waals surface area contributed by atoms with Gasteiger partial charge in [0.15, 0.2) is 0 Å². The first-order valence-corrected chi connectivity index (χ1v) is 6.04. The molecule has 0 amide bonds. The van der Waals surface area contributed by atoms with E-state index in [0.29, 0.717) is 6.42 Å². The number of hydrogen-bond acceptors (Lipinski definition) is 3. The standard InChI is InChI=1S/C15H17NO2/c1-18-15(17)8-4-7-13-9-11-5-2-3-6-12(11)10-14(13)16/h2-3,5-6,9-10H,4,7-8,16H2,1H3. The number of nitrogen functional groups attached to an aromatic ring is 1. The molecular formula is C15H17NO2. The molecule has 0 radical (unpaired) electrons. The monoisotopic (exact) mass is 243 g/mol. The van der Waals surface area contributed by atoms with Gasteiger partial charge in [-0.1, -0.05) is 24.3 Å². The molecule has 94 valence electrons. The van der Waals surface area contributed by atoms with Crippen molar-refractivity contribution in [1.82, 2.24) is 0 Å². The molecule has 0 spiro atoms. The van der Waals surface area contributed by atoms with Crippen LogP contribution in [0.4, 0.5) is 5.69 Å². The van der Waals surface area contributed by atoms with E-state index in [0.717, 1.165) is 29.5 Å². The highest BCUT2D eigenvalue weighted by Crippen LogP contribution is 2.23. The topological polar surface area (TPSA) is 52.3 Å². The molecule has 0 bridgehead atoms. The van der Waals surface area contributed by atoms with Gasteiger partial charge in [-0.2, -0.15) is 0 Å². The summed E-state index contributed by atoms with van der Waals surface area (Å²) >= 11 is 0. The molecule has 2 rings (SSSR count). The van der Waals surface area contributed by atoms with Crippen molar-refractivity contribution in [3.8, 4) is 0 Å². The van der Waals surface area contributed by atoms with Crippen LogP contribution in [0.1, 0.15) is 18.4 Å². The van der Waals surface area contributed by atoms with E-state index in [-0.39, 0.29) is 5.97 Å². The largest absolute Gasteiger partial charge is 0.469 e. The Hall–Kier alpha value is -2.03. The summed E-state index contributed by atoms with van der Waals surface area (Å²) in [6, 6.07) is 12.2. The molecule has 0 atom stereocenters. The first kappa shape index (κ1) is 12.4. The van der Waals surface area contributed by atoms with Crippen molar-refractivity contribution in [1.29, 1.82) is 0 Å². The van der Waals surface area contributed by atoms with Gasteiger partial charge in [-0.15, -0.1) is 0 Å². The predicted molar refractivity (Wildman–Crippen MR) is 73.3 cm³/mol. The van der Waals surface area contributed by atoms with Crippen LogP contribution in [-0.4, -0.2) is 13.1 Å². The minimum absolute atomic E-state index is 0.172. The normalized spacial score (nSPS) is 10.5. The zero-order chi connectivity index (χ0) is 13.0. The number of carbonyl (C=O) groups is 1. The fourth-order valence-electron chi connectivity index (χ4n) is 2.05. The Morgan fingerprint density at radius 3 is 2.56 bits per heavy atom. The molecule has 2 aromatic carbocycles. The van der Waals surface area contributed by atoms with Crippen LogP contribution < -0.4 is 5.73 Å². The third-order valence-corrected chi connectivity index (χ3v) is 3.06. The van der Waals surface area contributed by atoms with Gasteiger partial charge in [0, 0.05) is 12.1 Å². The molecule has 0 aliphatic rings. The van der Waals surface area contributed by atoms with Crippen LogP contribution in [0.3, 0.4) is 0 Å². The lowest BCUT2D eigenvalue weighted by Gasteiger charge is -2.07. The quantitative estimate of drug-likeness (QED) is 0.663. The van der Waals surface area contributed by atoms with Crippen molar-refractivity contribution in [2.75, 3.05) is 12.8 Å². The summed E-state index contributed by atoms with van der Waals surface area (Å²) < 4.78 is 4.62. The summed E-state index contributed by atoms with van der Waals surface area (Å²) in [5.41, 5.74) is 7.91. The maximum atomic E-state index is 11.0. The highest BCUT2D eigenvalue weighted by atomic mass is 16.5. The zero-order valence-electron chi connectivity index (χ0n) is 10.5. The van der Waals surface area contributed by atoms with Gasteiger partial charge in [0.05, 0.1) is 7.11 Å². The maximum absolute atomic E-state index is 11.0. The van der Waals surface area contributed by atoms with Crippen LogP contribution in [0.2, 0.25) is 0 Å². The fourth-order valence-corrected chi connectivity index (χ4v) is 2.05. The second-order valence-electron chi connectivity index (χ2n) is 4.33. The van der Waals surface area contributed by atoms with Gasteiger partial charge < -0.3 is 10.5 Å². The van der Waals surface area contributed by atoms with Crippen LogP contribution in [0.25, 0.3) is 10.8 Å². The molecule has 0 fully saturated rings. The first-order valence-electron chi connectivity index (χ1n) is 6.04. The number of hydrogen-bond donors (Lipinski definition) is 1. The van der Waals surface area contributed by atoms with E-state index >= 15 is 0 Å². The summed E-state index contributed by atoms with van der Waals surface area (Å²) in [5.74, 6) is -0.172.